The van der Waals surface area contributed by atoms with Gasteiger partial charge in [0.1, 0.15) is 0 Å². The van der Waals surface area contributed by atoms with E-state index < -0.39 is 0 Å². The number of benzene rings is 1. The summed E-state index contributed by atoms with van der Waals surface area (Å²) in [6.45, 7) is 10.1. The fourth-order valence-electron chi connectivity index (χ4n) is 2.97. The van der Waals surface area contributed by atoms with Gasteiger partial charge in [-0.15, -0.1) is 10.2 Å². The monoisotopic (exact) mass is 330 g/mol. The van der Waals surface area contributed by atoms with Crippen LogP contribution < -0.4 is 0 Å². The number of nitrogens with zero attached hydrogens (tertiary/aromatic N) is 4. The van der Waals surface area contributed by atoms with Gasteiger partial charge in [0.05, 0.1) is 12.6 Å². The van der Waals surface area contributed by atoms with Gasteiger partial charge in [0.2, 0.25) is 11.8 Å². The fourth-order valence-corrected chi connectivity index (χ4v) is 2.97. The van der Waals surface area contributed by atoms with Crippen LogP contribution in [0.1, 0.15) is 24.4 Å². The fraction of sp³-hybridized carbons (Fsp3) is 0.556. The Hall–Kier alpha value is -1.76. The van der Waals surface area contributed by atoms with E-state index in [0.717, 1.165) is 44.9 Å². The first-order chi connectivity index (χ1) is 11.7. The molecule has 130 valence electrons. The Morgan fingerprint density at radius 2 is 1.83 bits per heavy atom. The largest absolute Gasteiger partial charge is 0.419 e. The summed E-state index contributed by atoms with van der Waals surface area (Å²) in [5, 5.41) is 8.48. The lowest BCUT2D eigenvalue weighted by Gasteiger charge is -2.36. The van der Waals surface area contributed by atoms with E-state index in [4.69, 9.17) is 9.15 Å². The van der Waals surface area contributed by atoms with Gasteiger partial charge < -0.3 is 9.15 Å². The van der Waals surface area contributed by atoms with Gasteiger partial charge >= 0.3 is 0 Å². The highest BCUT2D eigenvalue weighted by Gasteiger charge is 2.25. The average Bonchev–Trinajstić information content (AvgIpc) is 3.10. The molecule has 1 unspecified atom stereocenters. The lowest BCUT2D eigenvalue weighted by molar-refractivity contribution is 0.0717. The second-order valence-electron chi connectivity index (χ2n) is 6.36. The van der Waals surface area contributed by atoms with E-state index in [0.29, 0.717) is 11.8 Å². The van der Waals surface area contributed by atoms with Crippen molar-refractivity contribution in [2.45, 2.75) is 19.9 Å². The Kier molecular flexibility index (Phi) is 5.60. The molecule has 0 amide bonds. The molecular weight excluding hydrogens is 304 g/mol. The quantitative estimate of drug-likeness (QED) is 0.810. The minimum absolute atomic E-state index is 0.140. The van der Waals surface area contributed by atoms with E-state index in [1.807, 2.05) is 12.1 Å². The van der Waals surface area contributed by atoms with Crippen LogP contribution in [0.2, 0.25) is 0 Å². The van der Waals surface area contributed by atoms with E-state index >= 15 is 0 Å². The van der Waals surface area contributed by atoms with Gasteiger partial charge in [-0.2, -0.15) is 0 Å². The lowest BCUT2D eigenvalue weighted by Crippen LogP contribution is -2.47. The van der Waals surface area contributed by atoms with Gasteiger partial charge in [-0.05, 0) is 26.0 Å². The van der Waals surface area contributed by atoms with Crippen LogP contribution >= 0.6 is 0 Å². The summed E-state index contributed by atoms with van der Waals surface area (Å²) < 4.78 is 11.1. The van der Waals surface area contributed by atoms with Crippen molar-refractivity contribution in [2.75, 3.05) is 46.4 Å². The third-order valence-corrected chi connectivity index (χ3v) is 4.66. The summed E-state index contributed by atoms with van der Waals surface area (Å²) in [6.07, 6.45) is 0. The van der Waals surface area contributed by atoms with Crippen LogP contribution in [0.3, 0.4) is 0 Å². The molecule has 1 aliphatic rings. The molecule has 0 aliphatic carbocycles. The number of ether oxygens (including phenoxy) is 1. The molecule has 6 nitrogen and oxygen atoms in total. The average molecular weight is 330 g/mol. The third-order valence-electron chi connectivity index (χ3n) is 4.66. The maximum Gasteiger partial charge on any atom is 0.247 e. The molecule has 2 heterocycles. The minimum Gasteiger partial charge on any atom is -0.419 e. The maximum absolute atomic E-state index is 5.92. The van der Waals surface area contributed by atoms with Crippen LogP contribution in [-0.2, 0) is 4.74 Å². The van der Waals surface area contributed by atoms with E-state index in [9.17, 15) is 0 Å². The van der Waals surface area contributed by atoms with Gasteiger partial charge in [-0.3, -0.25) is 9.80 Å². The molecule has 0 spiro atoms. The zero-order valence-corrected chi connectivity index (χ0v) is 14.7. The zero-order valence-electron chi connectivity index (χ0n) is 14.7. The molecule has 1 fully saturated rings. The molecule has 1 atom stereocenters. The predicted octanol–water partition coefficient (Wildman–Crippen LogP) is 2.37. The van der Waals surface area contributed by atoms with Crippen molar-refractivity contribution in [3.63, 3.8) is 0 Å². The number of hydrogen-bond donors (Lipinski definition) is 0. The molecule has 0 N–H and O–H groups in total. The van der Waals surface area contributed by atoms with Crippen molar-refractivity contribution in [2.24, 2.45) is 0 Å². The zero-order chi connectivity index (χ0) is 16.9. The number of hydrogen-bond acceptors (Lipinski definition) is 6. The lowest BCUT2D eigenvalue weighted by atomic mass is 10.1. The van der Waals surface area contributed by atoms with Crippen LogP contribution in [0, 0.1) is 6.92 Å². The molecule has 2 aromatic rings. The second kappa shape index (κ2) is 7.88. The molecule has 0 radical (unpaired) electrons. The van der Waals surface area contributed by atoms with Crippen molar-refractivity contribution >= 4 is 0 Å². The standard InChI is InChI=1S/C18H26N4O2/c1-14-4-6-16(7-5-14)18-20-19-17(24-18)15(2)22-10-8-21(9-11-22)12-13-23-3/h4-7,15H,8-13H2,1-3H3. The maximum atomic E-state index is 5.92. The summed E-state index contributed by atoms with van der Waals surface area (Å²) in [5.41, 5.74) is 2.19. The second-order valence-corrected chi connectivity index (χ2v) is 6.36. The number of aryl methyl sites for hydroxylation is 1. The van der Waals surface area contributed by atoms with Gasteiger partial charge in [0.25, 0.3) is 0 Å². The summed E-state index contributed by atoms with van der Waals surface area (Å²) in [5.74, 6) is 1.28. The molecule has 1 aromatic carbocycles. The Bertz CT molecular complexity index is 633. The highest BCUT2D eigenvalue weighted by molar-refractivity contribution is 5.52. The first-order valence-corrected chi connectivity index (χ1v) is 8.53. The van der Waals surface area contributed by atoms with Gasteiger partial charge in [0, 0.05) is 45.4 Å². The Morgan fingerprint density at radius 3 is 2.50 bits per heavy atom. The Balaban J connectivity index is 1.60. The highest BCUT2D eigenvalue weighted by atomic mass is 16.5. The third kappa shape index (κ3) is 4.01. The molecule has 0 saturated carbocycles. The molecular formula is C18H26N4O2. The molecule has 1 saturated heterocycles. The Morgan fingerprint density at radius 1 is 1.12 bits per heavy atom. The normalized spacial score (nSPS) is 18.0. The topological polar surface area (TPSA) is 54.6 Å². The first-order valence-electron chi connectivity index (χ1n) is 8.53. The molecule has 24 heavy (non-hydrogen) atoms. The number of rotatable bonds is 6. The van der Waals surface area contributed by atoms with Crippen LogP contribution in [-0.4, -0.2) is 66.4 Å². The van der Waals surface area contributed by atoms with Crippen molar-refractivity contribution in [3.05, 3.63) is 35.7 Å². The van der Waals surface area contributed by atoms with Gasteiger partial charge in [-0.1, -0.05) is 17.7 Å². The summed E-state index contributed by atoms with van der Waals surface area (Å²) >= 11 is 0. The van der Waals surface area contributed by atoms with Crippen LogP contribution in [0.25, 0.3) is 11.5 Å². The van der Waals surface area contributed by atoms with Crippen molar-refractivity contribution in [3.8, 4) is 11.5 Å². The predicted molar refractivity (Wildman–Crippen MR) is 92.8 cm³/mol. The molecule has 1 aromatic heterocycles. The first kappa shape index (κ1) is 17.1. The minimum atomic E-state index is 0.140. The highest BCUT2D eigenvalue weighted by Crippen LogP contribution is 2.24. The van der Waals surface area contributed by atoms with E-state index in [-0.39, 0.29) is 6.04 Å². The Labute approximate surface area is 143 Å². The van der Waals surface area contributed by atoms with Crippen LogP contribution in [0.4, 0.5) is 0 Å². The summed E-state index contributed by atoms with van der Waals surface area (Å²) in [7, 11) is 1.75. The van der Waals surface area contributed by atoms with Crippen LogP contribution in [0.15, 0.2) is 28.7 Å². The van der Waals surface area contributed by atoms with Crippen molar-refractivity contribution in [1.29, 1.82) is 0 Å². The smallest absolute Gasteiger partial charge is 0.247 e. The van der Waals surface area contributed by atoms with E-state index in [1.54, 1.807) is 7.11 Å². The van der Waals surface area contributed by atoms with Gasteiger partial charge in [0.15, 0.2) is 0 Å². The molecule has 3 rings (SSSR count). The molecule has 0 bridgehead atoms. The molecule has 6 heteroatoms. The number of aromatic nitrogens is 2. The SMILES string of the molecule is COCCN1CCN(C(C)c2nnc(-c3ccc(C)cc3)o2)CC1. The number of methoxy groups -OCH3 is 1. The summed E-state index contributed by atoms with van der Waals surface area (Å²) in [4.78, 5) is 4.83. The van der Waals surface area contributed by atoms with Crippen molar-refractivity contribution < 1.29 is 9.15 Å². The summed E-state index contributed by atoms with van der Waals surface area (Å²) in [6, 6.07) is 8.29. The van der Waals surface area contributed by atoms with Crippen LogP contribution in [0.5, 0.6) is 0 Å². The van der Waals surface area contributed by atoms with Crippen molar-refractivity contribution in [1.82, 2.24) is 20.0 Å². The number of piperazine rings is 1. The van der Waals surface area contributed by atoms with E-state index in [1.165, 1.54) is 5.56 Å². The van der Waals surface area contributed by atoms with E-state index in [2.05, 4.69) is 46.0 Å². The molecule has 1 aliphatic heterocycles. The van der Waals surface area contributed by atoms with Gasteiger partial charge in [-0.25, -0.2) is 0 Å².